The first-order chi connectivity index (χ1) is 18.9. The Hall–Kier alpha value is -3.97. The van der Waals surface area contributed by atoms with E-state index in [0.29, 0.717) is 49.0 Å². The summed E-state index contributed by atoms with van der Waals surface area (Å²) >= 11 is 0. The van der Waals surface area contributed by atoms with E-state index in [2.05, 4.69) is 54.1 Å². The van der Waals surface area contributed by atoms with Crippen LogP contribution in [0.4, 0.5) is 32.2 Å². The van der Waals surface area contributed by atoms with Gasteiger partial charge in [-0.05, 0) is 51.3 Å². The van der Waals surface area contributed by atoms with Gasteiger partial charge >= 0.3 is 0 Å². The van der Waals surface area contributed by atoms with Crippen LogP contribution in [0.1, 0.15) is 18.7 Å². The number of halogens is 2. The molecule has 1 aliphatic heterocycles. The molecule has 39 heavy (non-hydrogen) atoms. The van der Waals surface area contributed by atoms with Crippen LogP contribution in [0.2, 0.25) is 0 Å². The summed E-state index contributed by atoms with van der Waals surface area (Å²) in [5, 5.41) is 3.18. The van der Waals surface area contributed by atoms with Crippen molar-refractivity contribution in [3.63, 3.8) is 0 Å². The van der Waals surface area contributed by atoms with Gasteiger partial charge in [0.2, 0.25) is 17.8 Å². The molecule has 1 aliphatic rings. The van der Waals surface area contributed by atoms with Crippen LogP contribution in [-0.4, -0.2) is 94.9 Å². The van der Waals surface area contributed by atoms with Crippen molar-refractivity contribution in [2.75, 3.05) is 75.7 Å². The molecule has 1 aromatic carbocycles. The highest BCUT2D eigenvalue weighted by molar-refractivity contribution is 5.77. The minimum absolute atomic E-state index is 0.0585. The summed E-state index contributed by atoms with van der Waals surface area (Å²) in [6, 6.07) is 10.7. The fraction of sp³-hybridized carbons (Fsp3) is 0.423. The van der Waals surface area contributed by atoms with Crippen molar-refractivity contribution in [2.24, 2.45) is 0 Å². The number of pyridine rings is 1. The first kappa shape index (κ1) is 26.6. The number of anilines is 4. The fourth-order valence-electron chi connectivity index (χ4n) is 4.37. The average molecular weight is 539 g/mol. The van der Waals surface area contributed by atoms with Crippen LogP contribution in [0.5, 0.6) is 0 Å². The second kappa shape index (κ2) is 11.8. The van der Waals surface area contributed by atoms with E-state index in [1.807, 2.05) is 24.1 Å². The molecular weight excluding hydrogens is 506 g/mol. The van der Waals surface area contributed by atoms with Gasteiger partial charge in [0, 0.05) is 26.7 Å². The third-order valence-electron chi connectivity index (χ3n) is 6.38. The molecule has 0 unspecified atom stereocenters. The van der Waals surface area contributed by atoms with Crippen molar-refractivity contribution in [3.05, 3.63) is 48.4 Å². The molecule has 0 atom stereocenters. The van der Waals surface area contributed by atoms with Crippen molar-refractivity contribution in [2.45, 2.75) is 12.8 Å². The lowest BCUT2D eigenvalue weighted by atomic mass is 10.3. The third kappa shape index (κ3) is 6.20. The molecule has 3 aromatic heterocycles. The Bertz CT molecular complexity index is 1390. The molecule has 0 bridgehead atoms. The van der Waals surface area contributed by atoms with Crippen LogP contribution < -0.4 is 15.1 Å². The topological polar surface area (TPSA) is 100 Å². The number of ether oxygens (including phenoxy) is 1. The lowest BCUT2D eigenvalue weighted by Crippen LogP contribution is -2.37. The standard InChI is InChI=1S/C26H32F2N10O/c1-35(2)11-6-12-36(3)21-10-9-18(17-29-21)30-24-32-25(37-13-15-39-16-14-37)34-26(33-24)38-20-8-5-4-7-19(20)31-23(38)22(27)28/h4-5,7-10,17,22H,6,11-16H2,1-3H3,(H,30,32,33,34). The van der Waals surface area contributed by atoms with Crippen LogP contribution in [0.3, 0.4) is 0 Å². The number of hydrogen-bond donors (Lipinski definition) is 1. The Labute approximate surface area is 225 Å². The quantitative estimate of drug-likeness (QED) is 0.323. The lowest BCUT2D eigenvalue weighted by Gasteiger charge is -2.27. The number of aromatic nitrogens is 6. The number of imidazole rings is 1. The second-order valence-electron chi connectivity index (χ2n) is 9.56. The second-order valence-corrected chi connectivity index (χ2v) is 9.56. The Morgan fingerprint density at radius 1 is 0.949 bits per heavy atom. The zero-order valence-corrected chi connectivity index (χ0v) is 22.3. The van der Waals surface area contributed by atoms with Crippen LogP contribution in [0.15, 0.2) is 42.6 Å². The van der Waals surface area contributed by atoms with Gasteiger partial charge in [0.1, 0.15) is 5.82 Å². The van der Waals surface area contributed by atoms with Gasteiger partial charge in [0.25, 0.3) is 6.43 Å². The van der Waals surface area contributed by atoms with Gasteiger partial charge in [-0.15, -0.1) is 0 Å². The maximum atomic E-state index is 14.1. The first-order valence-electron chi connectivity index (χ1n) is 12.8. The molecule has 4 heterocycles. The molecular formula is C26H32F2N10O. The molecule has 0 saturated carbocycles. The van der Waals surface area contributed by atoms with E-state index >= 15 is 0 Å². The van der Waals surface area contributed by atoms with Crippen molar-refractivity contribution >= 4 is 34.4 Å². The molecule has 0 radical (unpaired) electrons. The summed E-state index contributed by atoms with van der Waals surface area (Å²) in [7, 11) is 6.12. The zero-order chi connectivity index (χ0) is 27.4. The van der Waals surface area contributed by atoms with Crippen LogP contribution in [0.25, 0.3) is 17.0 Å². The van der Waals surface area contributed by atoms with Crippen LogP contribution in [0, 0.1) is 0 Å². The minimum atomic E-state index is -2.82. The predicted molar refractivity (Wildman–Crippen MR) is 146 cm³/mol. The van der Waals surface area contributed by atoms with E-state index in [1.165, 1.54) is 4.57 Å². The monoisotopic (exact) mass is 538 g/mol. The molecule has 1 fully saturated rings. The number of nitrogens with zero attached hydrogens (tertiary/aromatic N) is 9. The Kier molecular flexibility index (Phi) is 8.07. The number of fused-ring (bicyclic) bond motifs is 1. The molecule has 11 nitrogen and oxygen atoms in total. The Morgan fingerprint density at radius 2 is 1.72 bits per heavy atom. The number of alkyl halides is 2. The van der Waals surface area contributed by atoms with Crippen molar-refractivity contribution < 1.29 is 13.5 Å². The summed E-state index contributed by atoms with van der Waals surface area (Å²) < 4.78 is 34.9. The normalized spacial score (nSPS) is 14.0. The summed E-state index contributed by atoms with van der Waals surface area (Å²) in [5.41, 5.74) is 1.58. The third-order valence-corrected chi connectivity index (χ3v) is 6.38. The number of para-hydroxylation sites is 2. The number of benzene rings is 1. The molecule has 4 aromatic rings. The highest BCUT2D eigenvalue weighted by Crippen LogP contribution is 2.28. The van der Waals surface area contributed by atoms with Crippen molar-refractivity contribution in [1.82, 2.24) is 34.4 Å². The van der Waals surface area contributed by atoms with Crippen molar-refractivity contribution in [1.29, 1.82) is 0 Å². The fourth-order valence-corrected chi connectivity index (χ4v) is 4.37. The van der Waals surface area contributed by atoms with Crippen LogP contribution in [-0.2, 0) is 4.74 Å². The van der Waals surface area contributed by atoms with E-state index in [1.54, 1.807) is 30.5 Å². The van der Waals surface area contributed by atoms with E-state index in [4.69, 9.17) is 4.74 Å². The molecule has 0 amide bonds. The smallest absolute Gasteiger partial charge is 0.296 e. The molecule has 1 N–H and O–H groups in total. The van der Waals surface area contributed by atoms with E-state index in [-0.39, 0.29) is 11.9 Å². The molecule has 206 valence electrons. The van der Waals surface area contributed by atoms with Crippen molar-refractivity contribution in [3.8, 4) is 5.95 Å². The molecule has 0 spiro atoms. The van der Waals surface area contributed by atoms with Crippen LogP contribution >= 0.6 is 0 Å². The number of hydrogen-bond acceptors (Lipinski definition) is 10. The van der Waals surface area contributed by atoms with Gasteiger partial charge in [-0.25, -0.2) is 18.7 Å². The number of nitrogens with one attached hydrogen (secondary N) is 1. The van der Waals surface area contributed by atoms with E-state index in [9.17, 15) is 8.78 Å². The maximum absolute atomic E-state index is 14.1. The molecule has 5 rings (SSSR count). The maximum Gasteiger partial charge on any atom is 0.296 e. The highest BCUT2D eigenvalue weighted by atomic mass is 19.3. The zero-order valence-electron chi connectivity index (χ0n) is 22.3. The minimum Gasteiger partial charge on any atom is -0.378 e. The summed E-state index contributed by atoms with van der Waals surface area (Å²) in [5.74, 6) is 1.06. The summed E-state index contributed by atoms with van der Waals surface area (Å²) in [4.78, 5) is 28.6. The van der Waals surface area contributed by atoms with Gasteiger partial charge in [0.05, 0.1) is 36.1 Å². The molecule has 13 heteroatoms. The predicted octanol–water partition coefficient (Wildman–Crippen LogP) is 3.51. The highest BCUT2D eigenvalue weighted by Gasteiger charge is 2.24. The summed E-state index contributed by atoms with van der Waals surface area (Å²) in [6.07, 6.45) is -0.0941. The van der Waals surface area contributed by atoms with Gasteiger partial charge in [-0.2, -0.15) is 15.0 Å². The van der Waals surface area contributed by atoms with Gasteiger partial charge in [0.15, 0.2) is 5.82 Å². The van der Waals surface area contributed by atoms with E-state index < -0.39 is 12.2 Å². The number of morpholine rings is 1. The van der Waals surface area contributed by atoms with Gasteiger partial charge < -0.3 is 24.8 Å². The van der Waals surface area contributed by atoms with Gasteiger partial charge in [-0.3, -0.25) is 4.57 Å². The largest absolute Gasteiger partial charge is 0.378 e. The SMILES string of the molecule is CN(C)CCCN(C)c1ccc(Nc2nc(N3CCOCC3)nc(-n3c(C(F)F)nc4ccccc43)n2)cn1. The first-order valence-corrected chi connectivity index (χ1v) is 12.8. The van der Waals surface area contributed by atoms with Gasteiger partial charge in [-0.1, -0.05) is 12.1 Å². The average Bonchev–Trinajstić information content (AvgIpc) is 3.34. The lowest BCUT2D eigenvalue weighted by molar-refractivity contribution is 0.122. The number of rotatable bonds is 10. The summed E-state index contributed by atoms with van der Waals surface area (Å²) in [6.45, 7) is 4.07. The Balaban J connectivity index is 1.47. The molecule has 0 aliphatic carbocycles. The van der Waals surface area contributed by atoms with E-state index in [0.717, 1.165) is 25.3 Å². The Morgan fingerprint density at radius 3 is 2.44 bits per heavy atom. The molecule has 1 saturated heterocycles.